The second-order valence-corrected chi connectivity index (χ2v) is 7.61. The molecule has 102 valence electrons. The largest absolute Gasteiger partial charge is 0.444 e. The minimum absolute atomic E-state index is 0.0502. The molecule has 0 spiro atoms. The van der Waals surface area contributed by atoms with Gasteiger partial charge in [-0.1, -0.05) is 6.92 Å². The minimum Gasteiger partial charge on any atom is -0.444 e. The van der Waals surface area contributed by atoms with Gasteiger partial charge in [0.05, 0.1) is 5.75 Å². The van der Waals surface area contributed by atoms with Gasteiger partial charge in [-0.2, -0.15) is 0 Å². The van der Waals surface area contributed by atoms with E-state index >= 15 is 0 Å². The van der Waals surface area contributed by atoms with Gasteiger partial charge in [-0.05, 0) is 27.2 Å². The summed E-state index contributed by atoms with van der Waals surface area (Å²) in [5.41, 5.74) is -0.594. The molecular formula is C10H20ClNO4S. The Morgan fingerprint density at radius 1 is 1.29 bits per heavy atom. The molecule has 0 aliphatic heterocycles. The first-order valence-electron chi connectivity index (χ1n) is 5.45. The van der Waals surface area contributed by atoms with Crippen LogP contribution < -0.4 is 0 Å². The lowest BCUT2D eigenvalue weighted by molar-refractivity contribution is 0.0262. The Hall–Kier alpha value is -0.490. The zero-order valence-corrected chi connectivity index (χ0v) is 12.3. The number of ether oxygens (including phenoxy) is 1. The lowest BCUT2D eigenvalue weighted by Crippen LogP contribution is -2.39. The number of hydrogen-bond acceptors (Lipinski definition) is 4. The van der Waals surface area contributed by atoms with Crippen molar-refractivity contribution in [1.29, 1.82) is 0 Å². The van der Waals surface area contributed by atoms with Crippen LogP contribution in [0, 0.1) is 0 Å². The summed E-state index contributed by atoms with van der Waals surface area (Å²) in [5, 5.41) is 0. The lowest BCUT2D eigenvalue weighted by Gasteiger charge is -2.26. The highest BCUT2D eigenvalue weighted by molar-refractivity contribution is 8.13. The lowest BCUT2D eigenvalue weighted by atomic mass is 10.2. The third-order valence-corrected chi connectivity index (χ3v) is 2.88. The number of carbonyl (C=O) groups excluding carboxylic acids is 1. The summed E-state index contributed by atoms with van der Waals surface area (Å²) in [6, 6.07) is 0. The quantitative estimate of drug-likeness (QED) is 0.727. The molecule has 0 radical (unpaired) electrons. The maximum Gasteiger partial charge on any atom is 0.410 e. The predicted molar refractivity (Wildman–Crippen MR) is 67.7 cm³/mol. The number of halogens is 1. The van der Waals surface area contributed by atoms with Gasteiger partial charge in [0.1, 0.15) is 5.60 Å². The maximum absolute atomic E-state index is 11.7. The van der Waals surface area contributed by atoms with E-state index < -0.39 is 20.7 Å². The van der Waals surface area contributed by atoms with Gasteiger partial charge in [0.25, 0.3) is 0 Å². The molecule has 0 rings (SSSR count). The van der Waals surface area contributed by atoms with Crippen LogP contribution >= 0.6 is 10.7 Å². The van der Waals surface area contributed by atoms with Crippen LogP contribution in [0.15, 0.2) is 0 Å². The average Bonchev–Trinajstić information content (AvgIpc) is 2.07. The van der Waals surface area contributed by atoms with Crippen LogP contribution in [0.25, 0.3) is 0 Å². The van der Waals surface area contributed by atoms with Gasteiger partial charge in [-0.3, -0.25) is 0 Å². The molecule has 0 fully saturated rings. The van der Waals surface area contributed by atoms with Crippen molar-refractivity contribution in [1.82, 2.24) is 4.90 Å². The van der Waals surface area contributed by atoms with Crippen LogP contribution in [-0.4, -0.2) is 43.9 Å². The fourth-order valence-corrected chi connectivity index (χ4v) is 1.76. The first kappa shape index (κ1) is 16.5. The number of nitrogens with zero attached hydrogens (tertiary/aromatic N) is 1. The molecule has 0 saturated carbocycles. The van der Waals surface area contributed by atoms with Crippen LogP contribution in [0.2, 0.25) is 0 Å². The van der Waals surface area contributed by atoms with E-state index in [0.29, 0.717) is 6.54 Å². The zero-order valence-electron chi connectivity index (χ0n) is 10.7. The molecule has 7 heteroatoms. The highest BCUT2D eigenvalue weighted by atomic mass is 35.7. The molecule has 17 heavy (non-hydrogen) atoms. The fourth-order valence-electron chi connectivity index (χ4n) is 1.11. The van der Waals surface area contributed by atoms with Crippen molar-refractivity contribution in [3.63, 3.8) is 0 Å². The highest BCUT2D eigenvalue weighted by Crippen LogP contribution is 2.10. The minimum atomic E-state index is -3.59. The van der Waals surface area contributed by atoms with Crippen molar-refractivity contribution in [3.05, 3.63) is 0 Å². The Labute approximate surface area is 107 Å². The molecule has 0 aromatic carbocycles. The van der Waals surface area contributed by atoms with Gasteiger partial charge >= 0.3 is 6.09 Å². The molecule has 0 saturated heterocycles. The van der Waals surface area contributed by atoms with Gasteiger partial charge in [0, 0.05) is 23.8 Å². The molecular weight excluding hydrogens is 266 g/mol. The summed E-state index contributed by atoms with van der Waals surface area (Å²) < 4.78 is 26.8. The van der Waals surface area contributed by atoms with Crippen molar-refractivity contribution < 1.29 is 17.9 Å². The molecule has 0 heterocycles. The van der Waals surface area contributed by atoms with E-state index in [1.165, 1.54) is 4.90 Å². The molecule has 0 bridgehead atoms. The molecule has 0 atom stereocenters. The van der Waals surface area contributed by atoms with Crippen LogP contribution in [0.3, 0.4) is 0 Å². The summed E-state index contributed by atoms with van der Waals surface area (Å²) in [6.45, 7) is 7.66. The standard InChI is InChI=1S/C10H20ClNO4S/c1-5-6-12(7-8-17(11,14)15)9(13)16-10(2,3)4/h5-8H2,1-4H3. The Morgan fingerprint density at radius 2 is 1.82 bits per heavy atom. The van der Waals surface area contributed by atoms with Crippen LogP contribution in [0.1, 0.15) is 34.1 Å². The summed E-state index contributed by atoms with van der Waals surface area (Å²) in [6.07, 6.45) is 0.210. The molecule has 0 aliphatic rings. The SMILES string of the molecule is CCCN(CCS(=O)(=O)Cl)C(=O)OC(C)(C)C. The van der Waals surface area contributed by atoms with E-state index in [1.807, 2.05) is 6.92 Å². The van der Waals surface area contributed by atoms with Crippen molar-refractivity contribution in [2.24, 2.45) is 0 Å². The molecule has 0 N–H and O–H groups in total. The number of hydrogen-bond donors (Lipinski definition) is 0. The van der Waals surface area contributed by atoms with Crippen molar-refractivity contribution in [2.75, 3.05) is 18.8 Å². The molecule has 0 aromatic rings. The van der Waals surface area contributed by atoms with E-state index in [-0.39, 0.29) is 12.3 Å². The van der Waals surface area contributed by atoms with Gasteiger partial charge in [-0.25, -0.2) is 13.2 Å². The fraction of sp³-hybridized carbons (Fsp3) is 0.900. The molecule has 5 nitrogen and oxygen atoms in total. The van der Waals surface area contributed by atoms with Crippen molar-refractivity contribution >= 4 is 25.8 Å². The van der Waals surface area contributed by atoms with Crippen LogP contribution in [0.4, 0.5) is 4.79 Å². The Kier molecular flexibility index (Phi) is 6.26. The average molecular weight is 286 g/mol. The van der Waals surface area contributed by atoms with Gasteiger partial charge in [0.2, 0.25) is 9.05 Å². The van der Waals surface area contributed by atoms with Crippen molar-refractivity contribution in [2.45, 2.75) is 39.7 Å². The monoisotopic (exact) mass is 285 g/mol. The van der Waals surface area contributed by atoms with E-state index in [2.05, 4.69) is 0 Å². The third kappa shape index (κ3) is 9.23. The second-order valence-electron chi connectivity index (χ2n) is 4.71. The molecule has 0 unspecified atom stereocenters. The van der Waals surface area contributed by atoms with E-state index in [1.54, 1.807) is 20.8 Å². The first-order valence-corrected chi connectivity index (χ1v) is 7.93. The zero-order chi connectivity index (χ0) is 13.7. The first-order chi connectivity index (χ1) is 7.55. The number of amides is 1. The summed E-state index contributed by atoms with van der Waals surface area (Å²) in [5.74, 6) is -0.270. The summed E-state index contributed by atoms with van der Waals surface area (Å²) in [4.78, 5) is 13.1. The Balaban J connectivity index is 4.47. The van der Waals surface area contributed by atoms with Gasteiger partial charge < -0.3 is 9.64 Å². The van der Waals surface area contributed by atoms with Gasteiger partial charge in [0.15, 0.2) is 0 Å². The van der Waals surface area contributed by atoms with E-state index in [9.17, 15) is 13.2 Å². The van der Waals surface area contributed by atoms with Crippen molar-refractivity contribution in [3.8, 4) is 0 Å². The topological polar surface area (TPSA) is 63.7 Å². The van der Waals surface area contributed by atoms with Gasteiger partial charge in [-0.15, -0.1) is 0 Å². The predicted octanol–water partition coefficient (Wildman–Crippen LogP) is 2.20. The Bertz CT molecular complexity index is 348. The highest BCUT2D eigenvalue weighted by Gasteiger charge is 2.22. The maximum atomic E-state index is 11.7. The normalized spacial score (nSPS) is 12.3. The molecule has 1 amide bonds. The molecule has 0 aromatic heterocycles. The second kappa shape index (κ2) is 6.44. The van der Waals surface area contributed by atoms with Crippen LogP contribution in [0.5, 0.6) is 0 Å². The smallest absolute Gasteiger partial charge is 0.410 e. The van der Waals surface area contributed by atoms with Crippen LogP contribution in [-0.2, 0) is 13.8 Å². The Morgan fingerprint density at radius 3 is 2.18 bits per heavy atom. The molecule has 0 aliphatic carbocycles. The number of rotatable bonds is 5. The third-order valence-electron chi connectivity index (χ3n) is 1.75. The summed E-state index contributed by atoms with van der Waals surface area (Å²) in [7, 11) is 1.52. The van der Waals surface area contributed by atoms with E-state index in [0.717, 1.165) is 6.42 Å². The summed E-state index contributed by atoms with van der Waals surface area (Å²) >= 11 is 0. The number of carbonyl (C=O) groups is 1. The van der Waals surface area contributed by atoms with E-state index in [4.69, 9.17) is 15.4 Å².